The number of likely N-dealkylation sites (N-methyl/N-ethyl adjacent to an activating group) is 1. The molecule has 4 N–H and O–H groups in total. The van der Waals surface area contributed by atoms with Crippen LogP contribution < -0.4 is 16.4 Å². The predicted molar refractivity (Wildman–Crippen MR) is 65.6 cm³/mol. The average Bonchev–Trinajstić information content (AvgIpc) is 2.37. The van der Waals surface area contributed by atoms with Crippen LogP contribution in [0.3, 0.4) is 0 Å². The number of amides is 2. The number of nitrogens with one attached hydrogen (secondary N) is 2. The largest absolute Gasteiger partial charge is 0.384 e. The lowest BCUT2D eigenvalue weighted by molar-refractivity contribution is -0.122. The monoisotopic (exact) mass is 233 g/mol. The molecule has 0 unspecified atom stereocenters. The van der Waals surface area contributed by atoms with Gasteiger partial charge in [-0.2, -0.15) is 0 Å². The average molecular weight is 233 g/mol. The van der Waals surface area contributed by atoms with Crippen LogP contribution in [-0.4, -0.2) is 19.4 Å². The van der Waals surface area contributed by atoms with Crippen LogP contribution in [0.1, 0.15) is 11.1 Å². The molecule has 0 atom stereocenters. The first-order chi connectivity index (χ1) is 8.21. The Bertz CT molecular complexity index is 424. The zero-order valence-corrected chi connectivity index (χ0v) is 9.57. The molecule has 0 saturated heterocycles. The van der Waals surface area contributed by atoms with Crippen LogP contribution in [-0.2, 0) is 16.1 Å². The molecule has 0 fully saturated rings. The summed E-state index contributed by atoms with van der Waals surface area (Å²) in [6.45, 7) is 0.481. The van der Waals surface area contributed by atoms with Gasteiger partial charge in [-0.25, -0.2) is 0 Å². The van der Waals surface area contributed by atoms with E-state index in [-0.39, 0.29) is 0 Å². The zero-order valence-electron chi connectivity index (χ0n) is 9.57. The molecule has 0 aromatic heterocycles. The number of nitrogens with two attached hydrogens (primary N) is 1. The molecule has 5 nitrogen and oxygen atoms in total. The second kappa shape index (κ2) is 6.44. The van der Waals surface area contributed by atoms with E-state index in [4.69, 9.17) is 5.73 Å². The molecule has 17 heavy (non-hydrogen) atoms. The minimum atomic E-state index is -0.467. The van der Waals surface area contributed by atoms with Crippen LogP contribution in [0.2, 0.25) is 0 Å². The molecule has 0 heterocycles. The van der Waals surface area contributed by atoms with Crippen molar-refractivity contribution >= 4 is 18.4 Å². The SMILES string of the molecule is CN/C(=C\c1ccc(CN)cc1)C(=O)NC=O. The highest BCUT2D eigenvalue weighted by Gasteiger charge is 2.05. The molecule has 0 aliphatic rings. The molecule has 0 radical (unpaired) electrons. The van der Waals surface area contributed by atoms with Crippen LogP contribution in [0.15, 0.2) is 30.0 Å². The van der Waals surface area contributed by atoms with Crippen molar-refractivity contribution in [3.05, 3.63) is 41.1 Å². The van der Waals surface area contributed by atoms with Crippen molar-refractivity contribution in [2.75, 3.05) is 7.05 Å². The van der Waals surface area contributed by atoms with Gasteiger partial charge >= 0.3 is 0 Å². The van der Waals surface area contributed by atoms with E-state index in [2.05, 4.69) is 10.6 Å². The normalized spacial score (nSPS) is 10.8. The van der Waals surface area contributed by atoms with Crippen molar-refractivity contribution in [2.24, 2.45) is 5.73 Å². The highest BCUT2D eigenvalue weighted by molar-refractivity contribution is 6.01. The Morgan fingerprint density at radius 3 is 2.47 bits per heavy atom. The number of carbonyl (C=O) groups excluding carboxylic acids is 2. The van der Waals surface area contributed by atoms with Gasteiger partial charge in [0.15, 0.2) is 0 Å². The maximum Gasteiger partial charge on any atom is 0.273 e. The summed E-state index contributed by atoms with van der Waals surface area (Å²) in [5, 5.41) is 4.80. The first kappa shape index (κ1) is 12.9. The standard InChI is InChI=1S/C12H15N3O2/c1-14-11(12(17)15-8-16)6-9-2-4-10(7-13)5-3-9/h2-6,8,14H,7,13H2,1H3,(H,15,16,17)/b11-6-. The molecular weight excluding hydrogens is 218 g/mol. The van der Waals surface area contributed by atoms with E-state index in [0.717, 1.165) is 11.1 Å². The summed E-state index contributed by atoms with van der Waals surface area (Å²) in [7, 11) is 1.62. The van der Waals surface area contributed by atoms with Gasteiger partial charge in [-0.05, 0) is 17.2 Å². The second-order valence-electron chi connectivity index (χ2n) is 3.35. The number of benzene rings is 1. The van der Waals surface area contributed by atoms with Gasteiger partial charge in [-0.3, -0.25) is 14.9 Å². The van der Waals surface area contributed by atoms with Gasteiger partial charge in [-0.15, -0.1) is 0 Å². The fraction of sp³-hybridized carbons (Fsp3) is 0.167. The van der Waals surface area contributed by atoms with E-state index in [9.17, 15) is 9.59 Å². The van der Waals surface area contributed by atoms with Gasteiger partial charge in [0, 0.05) is 13.6 Å². The maximum atomic E-state index is 11.4. The highest BCUT2D eigenvalue weighted by Crippen LogP contribution is 2.07. The number of carbonyl (C=O) groups is 2. The molecule has 2 amide bonds. The lowest BCUT2D eigenvalue weighted by atomic mass is 10.1. The lowest BCUT2D eigenvalue weighted by Gasteiger charge is -2.04. The number of hydrogen-bond donors (Lipinski definition) is 3. The quantitative estimate of drug-likeness (QED) is 0.493. The topological polar surface area (TPSA) is 84.2 Å². The maximum absolute atomic E-state index is 11.4. The van der Waals surface area contributed by atoms with Gasteiger partial charge < -0.3 is 11.1 Å². The van der Waals surface area contributed by atoms with Crippen molar-refractivity contribution in [3.8, 4) is 0 Å². The Kier molecular flexibility index (Phi) is 4.90. The third-order valence-electron chi connectivity index (χ3n) is 2.23. The minimum Gasteiger partial charge on any atom is -0.384 e. The molecule has 1 rings (SSSR count). The smallest absolute Gasteiger partial charge is 0.273 e. The molecule has 0 spiro atoms. The number of imide groups is 1. The Labute approximate surface area is 99.7 Å². The van der Waals surface area contributed by atoms with Crippen LogP contribution in [0.4, 0.5) is 0 Å². The van der Waals surface area contributed by atoms with Crippen molar-refractivity contribution in [2.45, 2.75) is 6.54 Å². The van der Waals surface area contributed by atoms with Gasteiger partial charge in [0.2, 0.25) is 6.41 Å². The summed E-state index contributed by atoms with van der Waals surface area (Å²) in [6, 6.07) is 7.48. The van der Waals surface area contributed by atoms with Crippen molar-refractivity contribution in [1.82, 2.24) is 10.6 Å². The first-order valence-corrected chi connectivity index (χ1v) is 5.14. The molecule has 1 aromatic rings. The minimum absolute atomic E-state index is 0.317. The van der Waals surface area contributed by atoms with E-state index < -0.39 is 5.91 Å². The molecule has 5 heteroatoms. The third-order valence-corrected chi connectivity index (χ3v) is 2.23. The van der Waals surface area contributed by atoms with Gasteiger partial charge in [0.25, 0.3) is 5.91 Å². The fourth-order valence-corrected chi connectivity index (χ4v) is 1.30. The van der Waals surface area contributed by atoms with Crippen LogP contribution >= 0.6 is 0 Å². The summed E-state index contributed by atoms with van der Waals surface area (Å²) in [5.41, 5.74) is 7.67. The van der Waals surface area contributed by atoms with E-state index in [1.165, 1.54) is 0 Å². The predicted octanol–water partition coefficient (Wildman–Crippen LogP) is -0.0218. The van der Waals surface area contributed by atoms with E-state index >= 15 is 0 Å². The summed E-state index contributed by atoms with van der Waals surface area (Å²) in [4.78, 5) is 21.6. The van der Waals surface area contributed by atoms with Crippen molar-refractivity contribution < 1.29 is 9.59 Å². The number of rotatable bonds is 5. The third kappa shape index (κ3) is 3.73. The zero-order chi connectivity index (χ0) is 12.7. The van der Waals surface area contributed by atoms with Crippen LogP contribution in [0.25, 0.3) is 6.08 Å². The van der Waals surface area contributed by atoms with E-state index in [1.807, 2.05) is 24.3 Å². The summed E-state index contributed by atoms with van der Waals surface area (Å²) < 4.78 is 0. The van der Waals surface area contributed by atoms with Crippen LogP contribution in [0.5, 0.6) is 0 Å². The molecule has 1 aromatic carbocycles. The van der Waals surface area contributed by atoms with Gasteiger partial charge in [-0.1, -0.05) is 24.3 Å². The Morgan fingerprint density at radius 2 is 2.00 bits per heavy atom. The summed E-state index contributed by atoms with van der Waals surface area (Å²) in [6.07, 6.45) is 2.00. The Morgan fingerprint density at radius 1 is 1.35 bits per heavy atom. The summed E-state index contributed by atoms with van der Waals surface area (Å²) in [5.74, 6) is -0.467. The summed E-state index contributed by atoms with van der Waals surface area (Å²) >= 11 is 0. The highest BCUT2D eigenvalue weighted by atomic mass is 16.2. The molecule has 0 aliphatic carbocycles. The molecule has 0 bridgehead atoms. The molecule has 0 saturated carbocycles. The molecular formula is C12H15N3O2. The lowest BCUT2D eigenvalue weighted by Crippen LogP contribution is -2.28. The number of hydrogen-bond acceptors (Lipinski definition) is 4. The van der Waals surface area contributed by atoms with Crippen LogP contribution in [0, 0.1) is 0 Å². The van der Waals surface area contributed by atoms with E-state index in [0.29, 0.717) is 18.7 Å². The van der Waals surface area contributed by atoms with Crippen molar-refractivity contribution in [1.29, 1.82) is 0 Å². The van der Waals surface area contributed by atoms with Gasteiger partial charge in [0.05, 0.1) is 0 Å². The molecule has 90 valence electrons. The molecule has 0 aliphatic heterocycles. The Balaban J connectivity index is 2.89. The fourth-order valence-electron chi connectivity index (χ4n) is 1.30. The second-order valence-corrected chi connectivity index (χ2v) is 3.35. The Hall–Kier alpha value is -2.14. The van der Waals surface area contributed by atoms with E-state index in [1.54, 1.807) is 13.1 Å². The van der Waals surface area contributed by atoms with Crippen molar-refractivity contribution in [3.63, 3.8) is 0 Å². The first-order valence-electron chi connectivity index (χ1n) is 5.14. The van der Waals surface area contributed by atoms with Gasteiger partial charge in [0.1, 0.15) is 5.70 Å².